The van der Waals surface area contributed by atoms with E-state index >= 15 is 0 Å². The van der Waals surface area contributed by atoms with Gasteiger partial charge in [0.05, 0.1) is 11.4 Å². The average Bonchev–Trinajstić information content (AvgIpc) is 3.04. The van der Waals surface area contributed by atoms with Crippen molar-refractivity contribution in [3.63, 3.8) is 0 Å². The minimum Gasteiger partial charge on any atom is -0.338 e. The third-order valence-electron chi connectivity index (χ3n) is 4.32. The summed E-state index contributed by atoms with van der Waals surface area (Å²) in [7, 11) is 0. The van der Waals surface area contributed by atoms with E-state index in [1.165, 1.54) is 4.90 Å². The fraction of sp³-hybridized carbons (Fsp3) is 0.476. The largest absolute Gasteiger partial charge is 0.338 e. The number of aryl methyl sites for hydroxylation is 1. The summed E-state index contributed by atoms with van der Waals surface area (Å²) in [5.41, 5.74) is 2.70. The molecule has 1 aromatic carbocycles. The van der Waals surface area contributed by atoms with Crippen LogP contribution in [0.15, 0.2) is 30.3 Å². The third kappa shape index (κ3) is 5.34. The van der Waals surface area contributed by atoms with Crippen molar-refractivity contribution in [3.8, 4) is 5.69 Å². The van der Waals surface area contributed by atoms with Gasteiger partial charge in [0, 0.05) is 24.6 Å². The SMILES string of the molecule is CCNC(=O)N(CC)CC(=O)Nc1cc(C(C)(C)C)nn1-c1cccc(C)c1. The molecule has 0 spiro atoms. The second-order valence-electron chi connectivity index (χ2n) is 7.81. The van der Waals surface area contributed by atoms with Crippen LogP contribution in [0.5, 0.6) is 0 Å². The number of aromatic nitrogens is 2. The van der Waals surface area contributed by atoms with Gasteiger partial charge in [0.15, 0.2) is 0 Å². The highest BCUT2D eigenvalue weighted by Gasteiger charge is 2.22. The van der Waals surface area contributed by atoms with E-state index in [1.807, 2.05) is 51.1 Å². The molecule has 0 unspecified atom stereocenters. The van der Waals surface area contributed by atoms with Crippen LogP contribution < -0.4 is 10.6 Å². The Hall–Kier alpha value is -2.83. The van der Waals surface area contributed by atoms with Gasteiger partial charge in [0.25, 0.3) is 0 Å². The third-order valence-corrected chi connectivity index (χ3v) is 4.32. The first-order chi connectivity index (χ1) is 13.2. The molecule has 0 aliphatic carbocycles. The summed E-state index contributed by atoms with van der Waals surface area (Å²) in [6.45, 7) is 12.9. The molecule has 0 saturated heterocycles. The molecule has 0 atom stereocenters. The molecule has 28 heavy (non-hydrogen) atoms. The molecule has 0 radical (unpaired) electrons. The summed E-state index contributed by atoms with van der Waals surface area (Å²) >= 11 is 0. The van der Waals surface area contributed by atoms with E-state index in [4.69, 9.17) is 5.10 Å². The lowest BCUT2D eigenvalue weighted by molar-refractivity contribution is -0.116. The fourth-order valence-corrected chi connectivity index (χ4v) is 2.74. The summed E-state index contributed by atoms with van der Waals surface area (Å²) in [6, 6.07) is 9.59. The van der Waals surface area contributed by atoms with Crippen LogP contribution >= 0.6 is 0 Å². The Labute approximate surface area is 167 Å². The molecule has 0 bridgehead atoms. The first-order valence-corrected chi connectivity index (χ1v) is 9.66. The van der Waals surface area contributed by atoms with Crippen LogP contribution in [0.2, 0.25) is 0 Å². The summed E-state index contributed by atoms with van der Waals surface area (Å²) in [5, 5.41) is 10.4. The highest BCUT2D eigenvalue weighted by molar-refractivity contribution is 5.94. The van der Waals surface area contributed by atoms with Crippen LogP contribution in [0.1, 0.15) is 45.9 Å². The molecule has 7 heteroatoms. The van der Waals surface area contributed by atoms with E-state index in [-0.39, 0.29) is 23.9 Å². The monoisotopic (exact) mass is 385 g/mol. The molecule has 1 heterocycles. The number of urea groups is 1. The van der Waals surface area contributed by atoms with E-state index in [0.29, 0.717) is 18.9 Å². The number of anilines is 1. The van der Waals surface area contributed by atoms with Crippen LogP contribution in [0, 0.1) is 6.92 Å². The van der Waals surface area contributed by atoms with Crippen molar-refractivity contribution in [2.45, 2.75) is 47.0 Å². The van der Waals surface area contributed by atoms with E-state index in [0.717, 1.165) is 16.9 Å². The molecule has 3 amide bonds. The predicted octanol–water partition coefficient (Wildman–Crippen LogP) is 3.47. The lowest BCUT2D eigenvalue weighted by Gasteiger charge is -2.20. The molecule has 0 saturated carbocycles. The van der Waals surface area contributed by atoms with Gasteiger partial charge in [-0.25, -0.2) is 9.48 Å². The molecule has 2 N–H and O–H groups in total. The number of hydrogen-bond donors (Lipinski definition) is 2. The van der Waals surface area contributed by atoms with Gasteiger partial charge in [-0.1, -0.05) is 32.9 Å². The number of carbonyl (C=O) groups excluding carboxylic acids is 2. The van der Waals surface area contributed by atoms with E-state index in [9.17, 15) is 9.59 Å². The predicted molar refractivity (Wildman–Crippen MR) is 112 cm³/mol. The highest BCUT2D eigenvalue weighted by atomic mass is 16.2. The number of nitrogens with one attached hydrogen (secondary N) is 2. The zero-order valence-corrected chi connectivity index (χ0v) is 17.7. The van der Waals surface area contributed by atoms with Crippen molar-refractivity contribution in [1.82, 2.24) is 20.0 Å². The Balaban J connectivity index is 2.29. The van der Waals surface area contributed by atoms with Crippen LogP contribution in [0.25, 0.3) is 5.69 Å². The Morgan fingerprint density at radius 2 is 1.89 bits per heavy atom. The van der Waals surface area contributed by atoms with Crippen molar-refractivity contribution >= 4 is 17.8 Å². The Morgan fingerprint density at radius 3 is 2.46 bits per heavy atom. The van der Waals surface area contributed by atoms with Crippen LogP contribution in [0.4, 0.5) is 10.6 Å². The van der Waals surface area contributed by atoms with Crippen molar-refractivity contribution in [1.29, 1.82) is 0 Å². The lowest BCUT2D eigenvalue weighted by Crippen LogP contribution is -2.43. The van der Waals surface area contributed by atoms with Crippen molar-refractivity contribution in [2.24, 2.45) is 0 Å². The quantitative estimate of drug-likeness (QED) is 0.799. The normalized spacial score (nSPS) is 11.2. The van der Waals surface area contributed by atoms with Gasteiger partial charge in [0.2, 0.25) is 5.91 Å². The number of likely N-dealkylation sites (N-methyl/N-ethyl adjacent to an activating group) is 1. The minimum atomic E-state index is -0.262. The molecule has 1 aromatic heterocycles. The number of benzene rings is 1. The first-order valence-electron chi connectivity index (χ1n) is 9.66. The molecule has 2 aromatic rings. The van der Waals surface area contributed by atoms with Crippen LogP contribution in [-0.4, -0.2) is 46.3 Å². The molecular weight excluding hydrogens is 354 g/mol. The summed E-state index contributed by atoms with van der Waals surface area (Å²) < 4.78 is 1.74. The van der Waals surface area contributed by atoms with E-state index in [1.54, 1.807) is 4.68 Å². The fourth-order valence-electron chi connectivity index (χ4n) is 2.74. The minimum absolute atomic E-state index is 0.0216. The second kappa shape index (κ2) is 8.91. The molecule has 7 nitrogen and oxygen atoms in total. The first kappa shape index (κ1) is 21.5. The number of rotatable bonds is 6. The van der Waals surface area contributed by atoms with Gasteiger partial charge in [-0.15, -0.1) is 0 Å². The molecule has 152 valence electrons. The standard InChI is InChI=1S/C21H31N5O2/c1-7-22-20(28)25(8-2)14-19(27)23-18-13-17(21(4,5)6)24-26(18)16-11-9-10-15(3)12-16/h9-13H,7-8,14H2,1-6H3,(H,22,28)(H,23,27). The summed E-state index contributed by atoms with van der Waals surface area (Å²) in [5.74, 6) is 0.329. The Morgan fingerprint density at radius 1 is 1.18 bits per heavy atom. The molecule has 2 rings (SSSR count). The maximum Gasteiger partial charge on any atom is 0.317 e. The van der Waals surface area contributed by atoms with Crippen molar-refractivity contribution in [2.75, 3.05) is 25.0 Å². The maximum atomic E-state index is 12.6. The topological polar surface area (TPSA) is 79.3 Å². The smallest absolute Gasteiger partial charge is 0.317 e. The second-order valence-corrected chi connectivity index (χ2v) is 7.81. The Bertz CT molecular complexity index is 836. The zero-order chi connectivity index (χ0) is 20.9. The van der Waals surface area contributed by atoms with Gasteiger partial charge in [0.1, 0.15) is 12.4 Å². The number of nitrogens with zero attached hydrogens (tertiary/aromatic N) is 3. The molecule has 0 aliphatic rings. The van der Waals surface area contributed by atoms with Crippen LogP contribution in [-0.2, 0) is 10.2 Å². The maximum absolute atomic E-state index is 12.6. The molecule has 0 aliphatic heterocycles. The number of carbonyl (C=O) groups is 2. The summed E-state index contributed by atoms with van der Waals surface area (Å²) in [6.07, 6.45) is 0. The van der Waals surface area contributed by atoms with Gasteiger partial charge in [-0.05, 0) is 38.5 Å². The molecule has 0 fully saturated rings. The van der Waals surface area contributed by atoms with Gasteiger partial charge in [-0.3, -0.25) is 4.79 Å². The van der Waals surface area contributed by atoms with Crippen LogP contribution in [0.3, 0.4) is 0 Å². The highest BCUT2D eigenvalue weighted by Crippen LogP contribution is 2.26. The van der Waals surface area contributed by atoms with Gasteiger partial charge in [-0.2, -0.15) is 5.10 Å². The van der Waals surface area contributed by atoms with E-state index in [2.05, 4.69) is 31.4 Å². The van der Waals surface area contributed by atoms with Crippen molar-refractivity contribution in [3.05, 3.63) is 41.6 Å². The summed E-state index contributed by atoms with van der Waals surface area (Å²) in [4.78, 5) is 26.1. The van der Waals surface area contributed by atoms with Gasteiger partial charge < -0.3 is 15.5 Å². The Kier molecular flexibility index (Phi) is 6.83. The zero-order valence-electron chi connectivity index (χ0n) is 17.7. The lowest BCUT2D eigenvalue weighted by atomic mass is 9.92. The van der Waals surface area contributed by atoms with Gasteiger partial charge >= 0.3 is 6.03 Å². The number of amides is 3. The number of hydrogen-bond acceptors (Lipinski definition) is 3. The van der Waals surface area contributed by atoms with E-state index < -0.39 is 0 Å². The molecular formula is C21H31N5O2. The van der Waals surface area contributed by atoms with Crippen molar-refractivity contribution < 1.29 is 9.59 Å². The average molecular weight is 386 g/mol.